The van der Waals surface area contributed by atoms with Gasteiger partial charge < -0.3 is 10.2 Å². The first-order chi connectivity index (χ1) is 7.06. The zero-order valence-electron chi connectivity index (χ0n) is 10.2. The van der Waals surface area contributed by atoms with Crippen LogP contribution >= 0.6 is 0 Å². The number of hydrogen-bond donors (Lipinski definition) is 1. The first-order valence-corrected chi connectivity index (χ1v) is 7.56. The van der Waals surface area contributed by atoms with Crippen molar-refractivity contribution in [2.45, 2.75) is 32.2 Å². The van der Waals surface area contributed by atoms with E-state index in [1.165, 1.54) is 6.42 Å². The van der Waals surface area contributed by atoms with Gasteiger partial charge in [-0.25, -0.2) is 0 Å². The summed E-state index contributed by atoms with van der Waals surface area (Å²) < 4.78 is 11.1. The van der Waals surface area contributed by atoms with Crippen molar-refractivity contribution in [3.63, 3.8) is 0 Å². The summed E-state index contributed by atoms with van der Waals surface area (Å²) >= 11 is 0. The average molecular weight is 232 g/mol. The molecule has 1 fully saturated rings. The van der Waals surface area contributed by atoms with Gasteiger partial charge in [0.2, 0.25) is 0 Å². The second-order valence-electron chi connectivity index (χ2n) is 4.75. The van der Waals surface area contributed by atoms with Gasteiger partial charge in [-0.15, -0.1) is 0 Å². The van der Waals surface area contributed by atoms with Crippen LogP contribution in [0.15, 0.2) is 0 Å². The molecule has 90 valence electrons. The zero-order valence-corrected chi connectivity index (χ0v) is 11.0. The van der Waals surface area contributed by atoms with Crippen molar-refractivity contribution in [3.05, 3.63) is 0 Å². The maximum atomic E-state index is 11.1. The molecule has 0 saturated carbocycles. The molecule has 1 rings (SSSR count). The van der Waals surface area contributed by atoms with E-state index in [4.69, 9.17) is 0 Å². The number of nitrogens with one attached hydrogen (secondary N) is 1. The third kappa shape index (κ3) is 4.62. The molecule has 1 saturated heterocycles. The quantitative estimate of drug-likeness (QED) is 0.779. The lowest BCUT2D eigenvalue weighted by Crippen LogP contribution is -2.49. The van der Waals surface area contributed by atoms with Crippen LogP contribution in [-0.2, 0) is 10.8 Å². The Balaban J connectivity index is 2.46. The van der Waals surface area contributed by atoms with E-state index < -0.39 is 10.8 Å². The molecular weight excluding hydrogens is 208 g/mol. The highest BCUT2D eigenvalue weighted by molar-refractivity contribution is 7.84. The largest absolute Gasteiger partial charge is 0.310 e. The molecule has 3 nitrogen and oxygen atoms in total. The van der Waals surface area contributed by atoms with E-state index in [-0.39, 0.29) is 5.54 Å². The minimum Gasteiger partial charge on any atom is -0.310 e. The van der Waals surface area contributed by atoms with E-state index in [2.05, 4.69) is 24.1 Å². The van der Waals surface area contributed by atoms with Gasteiger partial charge in [0.25, 0.3) is 0 Å². The van der Waals surface area contributed by atoms with Crippen molar-refractivity contribution in [1.82, 2.24) is 10.2 Å². The summed E-state index contributed by atoms with van der Waals surface area (Å²) in [6, 6.07) is 0. The SMILES string of the molecule is CCC1(C)CN(CCS(C)=O)CCCN1. The number of nitrogens with zero attached hydrogens (tertiary/aromatic N) is 1. The van der Waals surface area contributed by atoms with Gasteiger partial charge in [0.05, 0.1) is 0 Å². The van der Waals surface area contributed by atoms with Crippen LogP contribution < -0.4 is 5.32 Å². The molecule has 0 aromatic rings. The highest BCUT2D eigenvalue weighted by Crippen LogP contribution is 2.14. The Kier molecular flexibility index (Phi) is 5.23. The predicted octanol–water partition coefficient (Wildman–Crippen LogP) is 0.829. The number of hydrogen-bond acceptors (Lipinski definition) is 3. The Morgan fingerprint density at radius 1 is 1.53 bits per heavy atom. The lowest BCUT2D eigenvalue weighted by atomic mass is 9.99. The van der Waals surface area contributed by atoms with Crippen LogP contribution in [0.2, 0.25) is 0 Å². The van der Waals surface area contributed by atoms with Crippen LogP contribution in [0.5, 0.6) is 0 Å². The topological polar surface area (TPSA) is 32.3 Å². The Bertz CT molecular complexity index is 223. The van der Waals surface area contributed by atoms with Crippen LogP contribution in [0.1, 0.15) is 26.7 Å². The minimum absolute atomic E-state index is 0.242. The summed E-state index contributed by atoms with van der Waals surface area (Å²) in [6.07, 6.45) is 4.14. The van der Waals surface area contributed by atoms with Gasteiger partial charge in [-0.05, 0) is 32.9 Å². The number of rotatable bonds is 4. The van der Waals surface area contributed by atoms with Crippen molar-refractivity contribution < 1.29 is 4.21 Å². The van der Waals surface area contributed by atoms with Crippen molar-refractivity contribution in [2.75, 3.05) is 38.2 Å². The van der Waals surface area contributed by atoms with Gasteiger partial charge in [0, 0.05) is 41.4 Å². The summed E-state index contributed by atoms with van der Waals surface area (Å²) in [6.45, 7) is 8.82. The highest BCUT2D eigenvalue weighted by Gasteiger charge is 2.26. The molecule has 1 N–H and O–H groups in total. The van der Waals surface area contributed by atoms with E-state index in [9.17, 15) is 4.21 Å². The Hall–Kier alpha value is 0.0700. The molecule has 15 heavy (non-hydrogen) atoms. The van der Waals surface area contributed by atoms with Gasteiger partial charge in [-0.3, -0.25) is 4.21 Å². The summed E-state index contributed by atoms with van der Waals surface area (Å²) in [4.78, 5) is 2.45. The smallest absolute Gasteiger partial charge is 0.0359 e. The van der Waals surface area contributed by atoms with Gasteiger partial charge in [-0.2, -0.15) is 0 Å². The van der Waals surface area contributed by atoms with Crippen LogP contribution in [0.25, 0.3) is 0 Å². The second-order valence-corrected chi connectivity index (χ2v) is 6.30. The summed E-state index contributed by atoms with van der Waals surface area (Å²) in [5, 5.41) is 3.61. The monoisotopic (exact) mass is 232 g/mol. The molecule has 0 amide bonds. The predicted molar refractivity (Wildman–Crippen MR) is 66.7 cm³/mol. The van der Waals surface area contributed by atoms with Crippen molar-refractivity contribution in [1.29, 1.82) is 0 Å². The first kappa shape index (κ1) is 13.1. The van der Waals surface area contributed by atoms with Crippen LogP contribution in [0, 0.1) is 0 Å². The van der Waals surface area contributed by atoms with E-state index in [1.807, 2.05) is 0 Å². The summed E-state index contributed by atoms with van der Waals surface area (Å²) in [5.74, 6) is 0.805. The maximum absolute atomic E-state index is 11.1. The fourth-order valence-corrected chi connectivity index (χ4v) is 2.52. The molecular formula is C11H24N2OS. The third-order valence-corrected chi connectivity index (χ3v) is 4.01. The molecule has 1 aliphatic heterocycles. The summed E-state index contributed by atoms with van der Waals surface area (Å²) in [5.41, 5.74) is 0.242. The fourth-order valence-electron chi connectivity index (χ4n) is 2.01. The van der Waals surface area contributed by atoms with E-state index >= 15 is 0 Å². The molecule has 1 aliphatic rings. The van der Waals surface area contributed by atoms with E-state index in [0.29, 0.717) is 0 Å². The molecule has 1 heterocycles. The van der Waals surface area contributed by atoms with E-state index in [0.717, 1.165) is 38.4 Å². The lowest BCUT2D eigenvalue weighted by molar-refractivity contribution is 0.225. The zero-order chi connectivity index (χ0) is 11.3. The molecule has 2 unspecified atom stereocenters. The van der Waals surface area contributed by atoms with Gasteiger partial charge in [0.15, 0.2) is 0 Å². The van der Waals surface area contributed by atoms with Crippen LogP contribution in [0.4, 0.5) is 0 Å². The fraction of sp³-hybridized carbons (Fsp3) is 1.00. The third-order valence-electron chi connectivity index (χ3n) is 3.25. The summed E-state index contributed by atoms with van der Waals surface area (Å²) in [7, 11) is -0.662. The Labute approximate surface area is 96.1 Å². The van der Waals surface area contributed by atoms with Crippen molar-refractivity contribution in [2.24, 2.45) is 0 Å². The van der Waals surface area contributed by atoms with Crippen LogP contribution in [0.3, 0.4) is 0 Å². The standard InChI is InChI=1S/C11H24N2OS/c1-4-11(2)10-13(7-5-6-12-11)8-9-15(3)14/h12H,4-10H2,1-3H3. The van der Waals surface area contributed by atoms with Crippen molar-refractivity contribution >= 4 is 10.8 Å². The molecule has 0 aromatic carbocycles. The first-order valence-electron chi connectivity index (χ1n) is 5.83. The normalized spacial score (nSPS) is 31.1. The molecule has 2 atom stereocenters. The molecule has 4 heteroatoms. The van der Waals surface area contributed by atoms with Crippen molar-refractivity contribution in [3.8, 4) is 0 Å². The maximum Gasteiger partial charge on any atom is 0.0359 e. The molecule has 0 radical (unpaired) electrons. The average Bonchev–Trinajstić information content (AvgIpc) is 2.38. The minimum atomic E-state index is -0.662. The Morgan fingerprint density at radius 3 is 2.87 bits per heavy atom. The second kappa shape index (κ2) is 5.97. The Morgan fingerprint density at radius 2 is 2.27 bits per heavy atom. The van der Waals surface area contributed by atoms with Crippen LogP contribution in [-0.4, -0.2) is 52.8 Å². The van der Waals surface area contributed by atoms with Gasteiger partial charge in [0.1, 0.15) is 0 Å². The lowest BCUT2D eigenvalue weighted by Gasteiger charge is -2.32. The van der Waals surface area contributed by atoms with Gasteiger partial charge in [-0.1, -0.05) is 6.92 Å². The molecule has 0 aromatic heterocycles. The molecule has 0 bridgehead atoms. The van der Waals surface area contributed by atoms with E-state index in [1.54, 1.807) is 6.26 Å². The molecule has 0 aliphatic carbocycles. The van der Waals surface area contributed by atoms with Gasteiger partial charge >= 0.3 is 0 Å². The molecule has 0 spiro atoms. The highest BCUT2D eigenvalue weighted by atomic mass is 32.2.